The van der Waals surface area contributed by atoms with Gasteiger partial charge < -0.3 is 19.4 Å². The zero-order chi connectivity index (χ0) is 26.6. The van der Waals surface area contributed by atoms with Gasteiger partial charge in [0.1, 0.15) is 23.1 Å². The number of aryl methyl sites for hydroxylation is 4. The van der Waals surface area contributed by atoms with E-state index in [-0.39, 0.29) is 0 Å². The highest BCUT2D eigenvalue weighted by atomic mass is 16.5. The minimum atomic E-state index is 0.712. The lowest BCUT2D eigenvalue weighted by Gasteiger charge is -2.15. The third kappa shape index (κ3) is 7.48. The first kappa shape index (κ1) is 28.0. The van der Waals surface area contributed by atoms with Crippen LogP contribution in [-0.4, -0.2) is 33.7 Å². The van der Waals surface area contributed by atoms with E-state index < -0.39 is 0 Å². The Morgan fingerprint density at radius 3 is 1.32 bits per heavy atom. The molecular weight excluding hydrogens is 460 g/mol. The fraction of sp³-hybridized carbons (Fsp3) is 0.419. The van der Waals surface area contributed by atoms with Gasteiger partial charge in [-0.15, -0.1) is 0 Å². The number of nitrogens with one attached hydrogen (secondary N) is 2. The van der Waals surface area contributed by atoms with Crippen molar-refractivity contribution in [2.75, 3.05) is 13.7 Å². The molecule has 0 atom stereocenters. The van der Waals surface area contributed by atoms with Crippen LogP contribution in [0.5, 0.6) is 11.5 Å². The molecule has 37 heavy (non-hydrogen) atoms. The molecule has 6 nitrogen and oxygen atoms in total. The number of imidazole rings is 2. The van der Waals surface area contributed by atoms with Crippen LogP contribution in [0.4, 0.5) is 0 Å². The van der Waals surface area contributed by atoms with Crippen molar-refractivity contribution in [3.63, 3.8) is 0 Å². The van der Waals surface area contributed by atoms with Crippen molar-refractivity contribution >= 4 is 0 Å². The Morgan fingerprint density at radius 2 is 1.03 bits per heavy atom. The van der Waals surface area contributed by atoms with Crippen LogP contribution < -0.4 is 9.47 Å². The fourth-order valence-corrected chi connectivity index (χ4v) is 4.74. The largest absolute Gasteiger partial charge is 0.497 e. The van der Waals surface area contributed by atoms with Crippen LogP contribution in [0.2, 0.25) is 0 Å². The Hall–Kier alpha value is -3.54. The number of benzene rings is 2. The quantitative estimate of drug-likeness (QED) is 0.240. The Bertz CT molecular complexity index is 1160. The van der Waals surface area contributed by atoms with E-state index in [2.05, 4.69) is 71.9 Å². The van der Waals surface area contributed by atoms with Gasteiger partial charge in [-0.1, -0.05) is 27.7 Å². The van der Waals surface area contributed by atoms with Gasteiger partial charge in [-0.05, 0) is 90.3 Å². The van der Waals surface area contributed by atoms with Gasteiger partial charge in [0.05, 0.1) is 13.7 Å². The molecule has 2 aromatic heterocycles. The van der Waals surface area contributed by atoms with E-state index in [1.165, 1.54) is 33.4 Å². The zero-order valence-corrected chi connectivity index (χ0v) is 23.3. The number of aromatic amines is 2. The van der Waals surface area contributed by atoms with Gasteiger partial charge in [-0.3, -0.25) is 0 Å². The van der Waals surface area contributed by atoms with Crippen LogP contribution in [0.15, 0.2) is 49.1 Å². The first-order chi connectivity index (χ1) is 18.1. The lowest BCUT2D eigenvalue weighted by molar-refractivity contribution is 0.339. The third-order valence-electron chi connectivity index (χ3n) is 6.68. The van der Waals surface area contributed by atoms with Crippen LogP contribution in [0.25, 0.3) is 0 Å². The molecule has 0 bridgehead atoms. The Morgan fingerprint density at radius 1 is 0.622 bits per heavy atom. The minimum Gasteiger partial charge on any atom is -0.497 e. The van der Waals surface area contributed by atoms with Crippen LogP contribution in [0.3, 0.4) is 0 Å². The summed E-state index contributed by atoms with van der Waals surface area (Å²) in [6.45, 7) is 11.5. The number of ether oxygens (including phenoxy) is 2. The molecular formula is C31H42N4O2. The molecule has 6 heteroatoms. The number of methoxy groups -OCH3 is 1. The zero-order valence-electron chi connectivity index (χ0n) is 23.3. The summed E-state index contributed by atoms with van der Waals surface area (Å²) in [6.07, 6.45) is 13.2. The maximum atomic E-state index is 5.66. The SMILES string of the molecule is CCOc1cc(CC)c(Cc2ncc[nH]2)c(CC)c1.CCc1cc(OC)cc(CC)c1Cc1ncc[nH]1. The van der Waals surface area contributed by atoms with E-state index in [1.807, 2.05) is 19.3 Å². The Labute approximate surface area is 221 Å². The summed E-state index contributed by atoms with van der Waals surface area (Å²) in [6, 6.07) is 8.61. The molecule has 2 aromatic carbocycles. The molecule has 4 rings (SSSR count). The molecule has 0 radical (unpaired) electrons. The van der Waals surface area contributed by atoms with E-state index >= 15 is 0 Å². The second-order valence-corrected chi connectivity index (χ2v) is 8.92. The number of hydrogen-bond donors (Lipinski definition) is 2. The summed E-state index contributed by atoms with van der Waals surface area (Å²) in [5, 5.41) is 0. The van der Waals surface area contributed by atoms with Crippen molar-refractivity contribution in [1.29, 1.82) is 0 Å². The first-order valence-electron chi connectivity index (χ1n) is 13.5. The molecule has 0 saturated carbocycles. The van der Waals surface area contributed by atoms with Gasteiger partial charge in [-0.25, -0.2) is 9.97 Å². The number of H-pyrrole nitrogens is 2. The molecule has 0 aliphatic carbocycles. The molecule has 4 aromatic rings. The van der Waals surface area contributed by atoms with E-state index in [0.29, 0.717) is 6.61 Å². The maximum Gasteiger partial charge on any atom is 0.119 e. The molecule has 2 heterocycles. The predicted molar refractivity (Wildman–Crippen MR) is 151 cm³/mol. The summed E-state index contributed by atoms with van der Waals surface area (Å²) in [4.78, 5) is 15.0. The number of aromatic nitrogens is 4. The Kier molecular flexibility index (Phi) is 10.8. The molecule has 2 N–H and O–H groups in total. The van der Waals surface area contributed by atoms with Crippen molar-refractivity contribution in [3.8, 4) is 11.5 Å². The normalized spacial score (nSPS) is 10.6. The Balaban J connectivity index is 0.000000206. The average Bonchev–Trinajstić information content (AvgIpc) is 3.64. The van der Waals surface area contributed by atoms with Gasteiger partial charge in [0.25, 0.3) is 0 Å². The average molecular weight is 503 g/mol. The standard InChI is InChI=1S/C16H22N2O.C15H20N2O/c1-4-12-9-14(19-6-3)10-13(5-2)15(12)11-16-17-7-8-18-16;1-4-11-8-13(18-3)9-12(5-2)14(11)10-15-16-6-7-17-15/h7-10H,4-6,11H2,1-3H3,(H,17,18);6-9H,4-5,10H2,1-3H3,(H,16,17). The van der Waals surface area contributed by atoms with E-state index in [4.69, 9.17) is 9.47 Å². The van der Waals surface area contributed by atoms with Gasteiger partial charge in [0.15, 0.2) is 0 Å². The summed E-state index contributed by atoms with van der Waals surface area (Å²) >= 11 is 0. The molecule has 0 saturated heterocycles. The number of nitrogens with zero attached hydrogens (tertiary/aromatic N) is 2. The van der Waals surface area contributed by atoms with Crippen molar-refractivity contribution in [1.82, 2.24) is 19.9 Å². The topological polar surface area (TPSA) is 75.8 Å². The number of rotatable bonds is 11. The van der Waals surface area contributed by atoms with Gasteiger partial charge in [-0.2, -0.15) is 0 Å². The van der Waals surface area contributed by atoms with Gasteiger partial charge in [0.2, 0.25) is 0 Å². The van der Waals surface area contributed by atoms with E-state index in [0.717, 1.165) is 61.7 Å². The molecule has 0 amide bonds. The second kappa shape index (κ2) is 14.3. The van der Waals surface area contributed by atoms with E-state index in [1.54, 1.807) is 19.5 Å². The van der Waals surface area contributed by atoms with Crippen LogP contribution >= 0.6 is 0 Å². The monoisotopic (exact) mass is 502 g/mol. The van der Waals surface area contributed by atoms with Gasteiger partial charge in [0, 0.05) is 37.6 Å². The third-order valence-corrected chi connectivity index (χ3v) is 6.68. The molecule has 0 unspecified atom stereocenters. The highest BCUT2D eigenvalue weighted by molar-refractivity contribution is 5.45. The summed E-state index contributed by atoms with van der Waals surface area (Å²) < 4.78 is 11.0. The molecule has 0 spiro atoms. The van der Waals surface area contributed by atoms with Crippen LogP contribution in [0.1, 0.15) is 79.6 Å². The molecule has 0 aliphatic heterocycles. The van der Waals surface area contributed by atoms with E-state index in [9.17, 15) is 0 Å². The van der Waals surface area contributed by atoms with Crippen molar-refractivity contribution in [2.45, 2.75) is 73.1 Å². The minimum absolute atomic E-state index is 0.712. The fourth-order valence-electron chi connectivity index (χ4n) is 4.74. The predicted octanol–water partition coefficient (Wildman–Crippen LogP) is 6.66. The lowest BCUT2D eigenvalue weighted by Crippen LogP contribution is -2.03. The highest BCUT2D eigenvalue weighted by Crippen LogP contribution is 2.27. The smallest absolute Gasteiger partial charge is 0.119 e. The lowest BCUT2D eigenvalue weighted by atomic mass is 9.94. The first-order valence-corrected chi connectivity index (χ1v) is 13.5. The van der Waals surface area contributed by atoms with Crippen LogP contribution in [0, 0.1) is 0 Å². The summed E-state index contributed by atoms with van der Waals surface area (Å²) in [7, 11) is 1.72. The summed E-state index contributed by atoms with van der Waals surface area (Å²) in [5.41, 5.74) is 8.20. The summed E-state index contributed by atoms with van der Waals surface area (Å²) in [5.74, 6) is 3.98. The molecule has 198 valence electrons. The van der Waals surface area contributed by atoms with Crippen LogP contribution in [-0.2, 0) is 38.5 Å². The maximum absolute atomic E-state index is 5.66. The van der Waals surface area contributed by atoms with Crippen molar-refractivity contribution in [3.05, 3.63) is 94.1 Å². The number of hydrogen-bond acceptors (Lipinski definition) is 4. The second-order valence-electron chi connectivity index (χ2n) is 8.92. The van der Waals surface area contributed by atoms with Crippen molar-refractivity contribution in [2.24, 2.45) is 0 Å². The van der Waals surface area contributed by atoms with Crippen molar-refractivity contribution < 1.29 is 9.47 Å². The highest BCUT2D eigenvalue weighted by Gasteiger charge is 2.12. The van der Waals surface area contributed by atoms with Gasteiger partial charge >= 0.3 is 0 Å². The molecule has 0 fully saturated rings. The molecule has 0 aliphatic rings.